The second-order valence-corrected chi connectivity index (χ2v) is 9.55. The number of carbonyl (C=O) groups is 1. The molecule has 1 atom stereocenters. The first kappa shape index (κ1) is 24.0. The van der Waals surface area contributed by atoms with E-state index in [2.05, 4.69) is 52.1 Å². The number of likely N-dealkylation sites (tertiary alicyclic amines) is 1. The quantitative estimate of drug-likeness (QED) is 0.518. The van der Waals surface area contributed by atoms with Crippen LogP contribution in [-0.4, -0.2) is 54.9 Å². The predicted molar refractivity (Wildman–Crippen MR) is 142 cm³/mol. The zero-order valence-electron chi connectivity index (χ0n) is 20.7. The van der Waals surface area contributed by atoms with E-state index >= 15 is 0 Å². The lowest BCUT2D eigenvalue weighted by molar-refractivity contribution is -0.105. The van der Waals surface area contributed by atoms with E-state index in [-0.39, 0.29) is 0 Å². The molecule has 0 radical (unpaired) electrons. The summed E-state index contributed by atoms with van der Waals surface area (Å²) in [4.78, 5) is 19.7. The largest absolute Gasteiger partial charge is 0.378 e. The fraction of sp³-hybridized carbons (Fsp3) is 0.429. The molecule has 5 rings (SSSR count). The molecule has 1 aliphatic carbocycles. The molecule has 6 heteroatoms. The molecule has 1 N–H and O–H groups in total. The summed E-state index contributed by atoms with van der Waals surface area (Å²) in [5, 5.41) is 2.57. The maximum Gasteiger partial charge on any atom is 0.211 e. The third kappa shape index (κ3) is 5.68. The summed E-state index contributed by atoms with van der Waals surface area (Å²) in [6.07, 6.45) is 12.8. The van der Waals surface area contributed by atoms with Gasteiger partial charge in [0.1, 0.15) is 5.82 Å². The van der Waals surface area contributed by atoms with Crippen molar-refractivity contribution in [3.8, 4) is 0 Å². The van der Waals surface area contributed by atoms with Gasteiger partial charge in [0.15, 0.2) is 0 Å². The van der Waals surface area contributed by atoms with Crippen LogP contribution < -0.4 is 10.2 Å². The van der Waals surface area contributed by atoms with Crippen LogP contribution in [0.3, 0.4) is 0 Å². The molecule has 1 aromatic carbocycles. The molecule has 3 aromatic rings. The molecule has 1 aliphatic heterocycles. The second-order valence-electron chi connectivity index (χ2n) is 9.55. The zero-order chi connectivity index (χ0) is 23.9. The monoisotopic (exact) mass is 459 g/mol. The van der Waals surface area contributed by atoms with Gasteiger partial charge < -0.3 is 19.5 Å². The van der Waals surface area contributed by atoms with Crippen LogP contribution in [0.15, 0.2) is 54.7 Å². The minimum atomic E-state index is 0.562. The van der Waals surface area contributed by atoms with E-state index in [1.54, 1.807) is 0 Å². The van der Waals surface area contributed by atoms with Crippen LogP contribution in [-0.2, 0) is 4.79 Å². The van der Waals surface area contributed by atoms with Gasteiger partial charge in [-0.2, -0.15) is 0 Å². The van der Waals surface area contributed by atoms with Crippen molar-refractivity contribution in [2.75, 3.05) is 44.4 Å². The van der Waals surface area contributed by atoms with E-state index < -0.39 is 0 Å². The molecule has 3 heterocycles. The van der Waals surface area contributed by atoms with Crippen molar-refractivity contribution in [2.24, 2.45) is 0 Å². The molecule has 0 spiro atoms. The normalized spacial score (nSPS) is 18.6. The Morgan fingerprint density at radius 2 is 1.91 bits per heavy atom. The molecule has 0 saturated carbocycles. The summed E-state index contributed by atoms with van der Waals surface area (Å²) in [5.41, 5.74) is 5.93. The Bertz CT molecular complexity index is 1120. The second kappa shape index (κ2) is 11.3. The molecule has 1 amide bonds. The molecular formula is C28H37N5O. The summed E-state index contributed by atoms with van der Waals surface area (Å²) in [6.45, 7) is 2.35. The number of benzene rings is 1. The molecule has 0 bridgehead atoms. The van der Waals surface area contributed by atoms with Crippen molar-refractivity contribution in [1.82, 2.24) is 14.3 Å². The lowest BCUT2D eigenvalue weighted by Gasteiger charge is -2.28. The van der Waals surface area contributed by atoms with Crippen molar-refractivity contribution in [1.29, 1.82) is 0 Å². The Balaban J connectivity index is 0.000000195. The van der Waals surface area contributed by atoms with E-state index in [1.807, 2.05) is 43.3 Å². The third-order valence-electron chi connectivity index (χ3n) is 6.77. The molecule has 2 aliphatic rings. The third-order valence-corrected chi connectivity index (χ3v) is 6.77. The number of allylic oxidation sites excluding steroid dienone is 2. The van der Waals surface area contributed by atoms with Crippen LogP contribution in [0.5, 0.6) is 0 Å². The van der Waals surface area contributed by atoms with Crippen LogP contribution in [0.1, 0.15) is 56.0 Å². The minimum absolute atomic E-state index is 0.562. The molecule has 1 fully saturated rings. The SMILES string of the molecule is CN(C)c1ccc(NC=O)cc1.CN1CCCC(c2nc(C3=CCCCC3)c3ccccn23)C1. The summed E-state index contributed by atoms with van der Waals surface area (Å²) in [5.74, 6) is 1.83. The Hall–Kier alpha value is -3.12. The highest BCUT2D eigenvalue weighted by molar-refractivity contribution is 5.76. The Labute approximate surface area is 203 Å². The first-order chi connectivity index (χ1) is 16.6. The summed E-state index contributed by atoms with van der Waals surface area (Å²) >= 11 is 0. The lowest BCUT2D eigenvalue weighted by Crippen LogP contribution is -2.31. The standard InChI is InChI=1S/C19H25N3.C9H12N2O/c1-21-12-7-10-16(14-21)19-20-18(15-8-3-2-4-9-15)17-11-5-6-13-22(17)19;1-11(2)9-5-3-8(4-6-9)10-7-12/h5-6,8,11,13,16H,2-4,7,9-10,12,14H2,1H3;3-7H,1-2H3,(H,10,12). The van der Waals surface area contributed by atoms with Crippen molar-refractivity contribution in [3.63, 3.8) is 0 Å². The highest BCUT2D eigenvalue weighted by Crippen LogP contribution is 2.33. The summed E-state index contributed by atoms with van der Waals surface area (Å²) in [7, 11) is 6.18. The summed E-state index contributed by atoms with van der Waals surface area (Å²) in [6, 6.07) is 14.1. The molecule has 2 aromatic heterocycles. The van der Waals surface area contributed by atoms with Crippen molar-refractivity contribution >= 4 is 28.9 Å². The van der Waals surface area contributed by atoms with Crippen molar-refractivity contribution < 1.29 is 4.79 Å². The Morgan fingerprint density at radius 3 is 2.59 bits per heavy atom. The molecule has 1 unspecified atom stereocenters. The summed E-state index contributed by atoms with van der Waals surface area (Å²) < 4.78 is 2.34. The number of amides is 1. The minimum Gasteiger partial charge on any atom is -0.378 e. The van der Waals surface area contributed by atoms with Crippen LogP contribution in [0.25, 0.3) is 11.1 Å². The first-order valence-electron chi connectivity index (χ1n) is 12.4. The van der Waals surface area contributed by atoms with Gasteiger partial charge in [-0.1, -0.05) is 12.1 Å². The van der Waals surface area contributed by atoms with E-state index in [9.17, 15) is 4.79 Å². The van der Waals surface area contributed by atoms with Gasteiger partial charge in [0.2, 0.25) is 6.41 Å². The van der Waals surface area contributed by atoms with E-state index in [4.69, 9.17) is 4.98 Å². The molecular weight excluding hydrogens is 422 g/mol. The van der Waals surface area contributed by atoms with E-state index in [1.165, 1.54) is 67.7 Å². The van der Waals surface area contributed by atoms with Gasteiger partial charge in [0.25, 0.3) is 0 Å². The molecule has 6 nitrogen and oxygen atoms in total. The number of anilines is 2. The fourth-order valence-electron chi connectivity index (χ4n) is 4.94. The van der Waals surface area contributed by atoms with Gasteiger partial charge in [-0.05, 0) is 94.1 Å². The number of hydrogen-bond donors (Lipinski definition) is 1. The highest BCUT2D eigenvalue weighted by Gasteiger charge is 2.25. The Kier molecular flexibility index (Phi) is 8.01. The number of hydrogen-bond acceptors (Lipinski definition) is 4. The van der Waals surface area contributed by atoms with Crippen molar-refractivity contribution in [2.45, 2.75) is 44.4 Å². The van der Waals surface area contributed by atoms with Gasteiger partial charge in [-0.3, -0.25) is 4.79 Å². The number of likely N-dealkylation sites (N-methyl/N-ethyl adjacent to an activating group) is 1. The number of fused-ring (bicyclic) bond motifs is 1. The maximum absolute atomic E-state index is 10.1. The average Bonchev–Trinajstić information content (AvgIpc) is 3.25. The number of nitrogens with one attached hydrogen (secondary N) is 1. The maximum atomic E-state index is 10.1. The van der Waals surface area contributed by atoms with Gasteiger partial charge in [0.05, 0.1) is 11.2 Å². The topological polar surface area (TPSA) is 52.9 Å². The zero-order valence-corrected chi connectivity index (χ0v) is 20.7. The molecule has 34 heavy (non-hydrogen) atoms. The number of nitrogens with zero attached hydrogens (tertiary/aromatic N) is 4. The Morgan fingerprint density at radius 1 is 1.09 bits per heavy atom. The van der Waals surface area contributed by atoms with Gasteiger partial charge >= 0.3 is 0 Å². The number of carbonyl (C=O) groups excluding carboxylic acids is 1. The van der Waals surface area contributed by atoms with Crippen LogP contribution in [0, 0.1) is 0 Å². The van der Waals surface area contributed by atoms with Crippen LogP contribution in [0.4, 0.5) is 11.4 Å². The van der Waals surface area contributed by atoms with E-state index in [0.717, 1.165) is 17.9 Å². The first-order valence-corrected chi connectivity index (χ1v) is 12.4. The van der Waals surface area contributed by atoms with Gasteiger partial charge in [-0.25, -0.2) is 4.98 Å². The average molecular weight is 460 g/mol. The molecule has 180 valence electrons. The van der Waals surface area contributed by atoms with Crippen molar-refractivity contribution in [3.05, 3.63) is 66.3 Å². The lowest BCUT2D eigenvalue weighted by atomic mass is 9.96. The highest BCUT2D eigenvalue weighted by atomic mass is 16.1. The number of rotatable bonds is 5. The van der Waals surface area contributed by atoms with Crippen LogP contribution >= 0.6 is 0 Å². The molecule has 1 saturated heterocycles. The smallest absolute Gasteiger partial charge is 0.211 e. The fourth-order valence-corrected chi connectivity index (χ4v) is 4.94. The number of aromatic nitrogens is 2. The number of imidazole rings is 1. The number of piperidine rings is 1. The predicted octanol–water partition coefficient (Wildman–Crippen LogP) is 5.42. The van der Waals surface area contributed by atoms with Crippen LogP contribution in [0.2, 0.25) is 0 Å². The number of pyridine rings is 1. The van der Waals surface area contributed by atoms with E-state index in [0.29, 0.717) is 12.3 Å². The van der Waals surface area contributed by atoms with Gasteiger partial charge in [-0.15, -0.1) is 0 Å². The van der Waals surface area contributed by atoms with Gasteiger partial charge in [0, 0.05) is 44.1 Å².